The van der Waals surface area contributed by atoms with E-state index in [4.69, 9.17) is 9.47 Å². The van der Waals surface area contributed by atoms with Gasteiger partial charge in [-0.3, -0.25) is 9.78 Å². The van der Waals surface area contributed by atoms with E-state index in [-0.39, 0.29) is 35.6 Å². The van der Waals surface area contributed by atoms with Crippen molar-refractivity contribution in [2.75, 3.05) is 18.4 Å². The van der Waals surface area contributed by atoms with Crippen LogP contribution < -0.4 is 15.4 Å². The molecule has 2 N–H and O–H groups in total. The number of urea groups is 1. The summed E-state index contributed by atoms with van der Waals surface area (Å²) in [6, 6.07) is 6.18. The van der Waals surface area contributed by atoms with Gasteiger partial charge in [0.15, 0.2) is 0 Å². The minimum Gasteiger partial charge on any atom is -0.488 e. The number of likely N-dealkylation sites (tertiary alicyclic amines) is 1. The van der Waals surface area contributed by atoms with E-state index in [1.54, 1.807) is 17.3 Å². The number of amides is 3. The second kappa shape index (κ2) is 12.5. The first kappa shape index (κ1) is 27.7. The van der Waals surface area contributed by atoms with Crippen LogP contribution >= 0.6 is 0 Å². The SMILES string of the molecule is CC(=O)N1CCC(Oc2ccc(C(F)(F)F)cc2NC(=O)NC2CCC(OCc3ccncc3)CC2)CC1. The highest BCUT2D eigenvalue weighted by Crippen LogP contribution is 2.36. The molecule has 2 fully saturated rings. The molecule has 11 heteroatoms. The Morgan fingerprint density at radius 2 is 1.68 bits per heavy atom. The zero-order valence-corrected chi connectivity index (χ0v) is 21.3. The molecule has 2 aliphatic rings. The zero-order chi connectivity index (χ0) is 27.1. The molecule has 1 aromatic heterocycles. The van der Waals surface area contributed by atoms with Gasteiger partial charge in [0.05, 0.1) is 24.0 Å². The van der Waals surface area contributed by atoms with Crippen LogP contribution in [0.3, 0.4) is 0 Å². The van der Waals surface area contributed by atoms with Crippen molar-refractivity contribution in [3.63, 3.8) is 0 Å². The van der Waals surface area contributed by atoms with Crippen molar-refractivity contribution < 1.29 is 32.2 Å². The molecule has 0 atom stereocenters. The number of nitrogens with one attached hydrogen (secondary N) is 2. The minimum atomic E-state index is -4.56. The van der Waals surface area contributed by atoms with Crippen LogP contribution in [0.25, 0.3) is 0 Å². The summed E-state index contributed by atoms with van der Waals surface area (Å²) < 4.78 is 52.1. The highest BCUT2D eigenvalue weighted by atomic mass is 19.4. The van der Waals surface area contributed by atoms with Crippen molar-refractivity contribution in [2.24, 2.45) is 0 Å². The number of hydrogen-bond donors (Lipinski definition) is 2. The molecule has 1 aliphatic heterocycles. The first-order valence-electron chi connectivity index (χ1n) is 12.9. The van der Waals surface area contributed by atoms with Crippen LogP contribution in [0.2, 0.25) is 0 Å². The number of carbonyl (C=O) groups excluding carboxylic acids is 2. The Hall–Kier alpha value is -3.34. The second-order valence-corrected chi connectivity index (χ2v) is 9.77. The molecule has 1 aromatic carbocycles. The lowest BCUT2D eigenvalue weighted by Crippen LogP contribution is -2.41. The lowest BCUT2D eigenvalue weighted by molar-refractivity contribution is -0.137. The molecule has 0 bridgehead atoms. The number of anilines is 1. The maximum atomic E-state index is 13.4. The summed E-state index contributed by atoms with van der Waals surface area (Å²) in [6.45, 7) is 3.02. The normalized spacial score (nSPS) is 20.6. The van der Waals surface area contributed by atoms with Crippen molar-refractivity contribution in [3.05, 3.63) is 53.9 Å². The van der Waals surface area contributed by atoms with E-state index in [1.807, 2.05) is 12.1 Å². The smallest absolute Gasteiger partial charge is 0.416 e. The fraction of sp³-hybridized carbons (Fsp3) is 0.519. The van der Waals surface area contributed by atoms with E-state index in [0.29, 0.717) is 45.4 Å². The van der Waals surface area contributed by atoms with Gasteiger partial charge in [-0.1, -0.05) is 0 Å². The van der Waals surface area contributed by atoms with Crippen LogP contribution in [-0.2, 0) is 22.3 Å². The number of ether oxygens (including phenoxy) is 2. The Morgan fingerprint density at radius 1 is 1.00 bits per heavy atom. The Morgan fingerprint density at radius 3 is 2.32 bits per heavy atom. The van der Waals surface area contributed by atoms with Gasteiger partial charge in [-0.2, -0.15) is 13.2 Å². The standard InChI is InChI=1S/C27H33F3N4O4/c1-18(35)34-14-10-23(11-15-34)38-25-7-2-20(27(28,29)30)16-24(25)33-26(36)32-21-3-5-22(6-4-21)37-17-19-8-12-31-13-9-19/h2,7-9,12-13,16,21-23H,3-6,10-11,14-15,17H2,1H3,(H2,32,33,36). The molecular formula is C27H33F3N4O4. The summed E-state index contributed by atoms with van der Waals surface area (Å²) in [4.78, 5) is 30.0. The minimum absolute atomic E-state index is 0.0219. The summed E-state index contributed by atoms with van der Waals surface area (Å²) in [7, 11) is 0. The average molecular weight is 535 g/mol. The average Bonchev–Trinajstić information content (AvgIpc) is 2.89. The van der Waals surface area contributed by atoms with E-state index in [1.165, 1.54) is 13.0 Å². The van der Waals surface area contributed by atoms with Crippen LogP contribution in [0.1, 0.15) is 56.6 Å². The fourth-order valence-electron chi connectivity index (χ4n) is 4.79. The molecule has 0 spiro atoms. The van der Waals surface area contributed by atoms with Gasteiger partial charge in [-0.15, -0.1) is 0 Å². The van der Waals surface area contributed by atoms with Gasteiger partial charge < -0.3 is 25.0 Å². The van der Waals surface area contributed by atoms with Crippen molar-refractivity contribution in [3.8, 4) is 5.75 Å². The van der Waals surface area contributed by atoms with Crippen LogP contribution in [0.5, 0.6) is 5.75 Å². The first-order valence-corrected chi connectivity index (χ1v) is 12.9. The number of aromatic nitrogens is 1. The third-order valence-electron chi connectivity index (χ3n) is 6.98. The molecule has 4 rings (SSSR count). The van der Waals surface area contributed by atoms with Crippen molar-refractivity contribution in [1.82, 2.24) is 15.2 Å². The Labute approximate surface area is 219 Å². The van der Waals surface area contributed by atoms with E-state index in [9.17, 15) is 22.8 Å². The second-order valence-electron chi connectivity index (χ2n) is 9.77. The quantitative estimate of drug-likeness (QED) is 0.513. The van der Waals surface area contributed by atoms with Gasteiger partial charge in [0.1, 0.15) is 11.9 Å². The predicted molar refractivity (Wildman–Crippen MR) is 135 cm³/mol. The molecule has 2 heterocycles. The lowest BCUT2D eigenvalue weighted by atomic mass is 9.93. The Bertz CT molecular complexity index is 1080. The number of carbonyl (C=O) groups is 2. The van der Waals surface area contributed by atoms with E-state index in [2.05, 4.69) is 15.6 Å². The summed E-state index contributed by atoms with van der Waals surface area (Å²) in [5.74, 6) is 0.147. The largest absolute Gasteiger partial charge is 0.488 e. The topological polar surface area (TPSA) is 92.8 Å². The first-order chi connectivity index (χ1) is 18.2. The zero-order valence-electron chi connectivity index (χ0n) is 21.3. The summed E-state index contributed by atoms with van der Waals surface area (Å²) in [5, 5.41) is 5.44. The molecule has 8 nitrogen and oxygen atoms in total. The van der Waals surface area contributed by atoms with Gasteiger partial charge in [0.2, 0.25) is 5.91 Å². The van der Waals surface area contributed by atoms with Crippen LogP contribution in [-0.4, -0.2) is 53.2 Å². The van der Waals surface area contributed by atoms with Crippen molar-refractivity contribution in [1.29, 1.82) is 0 Å². The van der Waals surface area contributed by atoms with E-state index >= 15 is 0 Å². The highest BCUT2D eigenvalue weighted by Gasteiger charge is 2.32. The number of benzene rings is 1. The third kappa shape index (κ3) is 7.83. The van der Waals surface area contributed by atoms with Crippen molar-refractivity contribution >= 4 is 17.6 Å². The molecule has 38 heavy (non-hydrogen) atoms. The van der Waals surface area contributed by atoms with Gasteiger partial charge in [0, 0.05) is 51.3 Å². The molecular weight excluding hydrogens is 501 g/mol. The molecule has 2 aromatic rings. The number of alkyl halides is 3. The van der Waals surface area contributed by atoms with Gasteiger partial charge >= 0.3 is 12.2 Å². The molecule has 0 radical (unpaired) electrons. The van der Waals surface area contributed by atoms with Gasteiger partial charge in [-0.05, 0) is 61.6 Å². The highest BCUT2D eigenvalue weighted by molar-refractivity contribution is 5.91. The van der Waals surface area contributed by atoms with Crippen LogP contribution in [0, 0.1) is 0 Å². The summed E-state index contributed by atoms with van der Waals surface area (Å²) in [6.07, 6.45) is 2.75. The van der Waals surface area contributed by atoms with E-state index in [0.717, 1.165) is 30.5 Å². The maximum Gasteiger partial charge on any atom is 0.416 e. The van der Waals surface area contributed by atoms with E-state index < -0.39 is 17.8 Å². The molecule has 1 saturated carbocycles. The number of nitrogens with zero attached hydrogens (tertiary/aromatic N) is 2. The fourth-order valence-corrected chi connectivity index (χ4v) is 4.79. The molecule has 3 amide bonds. The Kier molecular flexibility index (Phi) is 9.09. The number of halogens is 3. The third-order valence-corrected chi connectivity index (χ3v) is 6.98. The predicted octanol–water partition coefficient (Wildman–Crippen LogP) is 5.14. The van der Waals surface area contributed by atoms with Crippen LogP contribution in [0.15, 0.2) is 42.7 Å². The number of piperidine rings is 1. The van der Waals surface area contributed by atoms with Gasteiger partial charge in [0.25, 0.3) is 0 Å². The number of rotatable bonds is 7. The molecule has 206 valence electrons. The maximum absolute atomic E-state index is 13.4. The van der Waals surface area contributed by atoms with Crippen molar-refractivity contribution in [2.45, 2.75) is 76.5 Å². The lowest BCUT2D eigenvalue weighted by Gasteiger charge is -2.32. The van der Waals surface area contributed by atoms with Crippen LogP contribution in [0.4, 0.5) is 23.7 Å². The molecule has 1 saturated heterocycles. The monoisotopic (exact) mass is 534 g/mol. The van der Waals surface area contributed by atoms with Gasteiger partial charge in [-0.25, -0.2) is 4.79 Å². The summed E-state index contributed by atoms with van der Waals surface area (Å²) >= 11 is 0. The molecule has 1 aliphatic carbocycles. The number of pyridine rings is 1. The Balaban J connectivity index is 1.31. The number of hydrogen-bond acceptors (Lipinski definition) is 5. The molecule has 0 unspecified atom stereocenters. The summed E-state index contributed by atoms with van der Waals surface area (Å²) in [5.41, 5.74) is 0.127.